The van der Waals surface area contributed by atoms with Crippen molar-refractivity contribution in [1.82, 2.24) is 5.32 Å². The van der Waals surface area contributed by atoms with E-state index in [0.29, 0.717) is 19.3 Å². The molecule has 0 heterocycles. The lowest BCUT2D eigenvalue weighted by Gasteiger charge is -2.29. The Kier molecular flexibility index (Phi) is 6.26. The second-order valence-electron chi connectivity index (χ2n) is 5.24. The number of ether oxygens (including phenoxy) is 1. The lowest BCUT2D eigenvalue weighted by Crippen LogP contribution is -2.52. The first-order valence-electron chi connectivity index (χ1n) is 6.94. The predicted octanol–water partition coefficient (Wildman–Crippen LogP) is 2.72. The van der Waals surface area contributed by atoms with Crippen molar-refractivity contribution >= 4 is 5.97 Å². The Bertz CT molecular complexity index is 318. The molecule has 1 rings (SSSR count). The molecule has 1 saturated carbocycles. The normalized spacial score (nSPS) is 18.8. The molecule has 0 aromatic rings. The topological polar surface area (TPSA) is 58.6 Å². The molecule has 0 saturated heterocycles. The van der Waals surface area contributed by atoms with Crippen molar-refractivity contribution < 1.29 is 27.8 Å². The molecule has 2 N–H and O–H groups in total. The average molecular weight is 297 g/mol. The summed E-state index contributed by atoms with van der Waals surface area (Å²) in [5.41, 5.74) is -0.978. The van der Waals surface area contributed by atoms with Gasteiger partial charge in [-0.2, -0.15) is 13.2 Å². The average Bonchev–Trinajstić information content (AvgIpc) is 3.14. The third kappa shape index (κ3) is 6.09. The zero-order valence-electron chi connectivity index (χ0n) is 11.6. The molecule has 0 spiro atoms. The highest BCUT2D eigenvalue weighted by Gasteiger charge is 2.40. The van der Waals surface area contributed by atoms with Crippen molar-refractivity contribution in [1.29, 1.82) is 0 Å². The van der Waals surface area contributed by atoms with Gasteiger partial charge in [-0.1, -0.05) is 6.92 Å². The fraction of sp³-hybridized carbons (Fsp3) is 0.923. The Hall–Kier alpha value is -0.820. The Morgan fingerprint density at radius 1 is 1.30 bits per heavy atom. The second-order valence-corrected chi connectivity index (χ2v) is 5.24. The van der Waals surface area contributed by atoms with Crippen LogP contribution in [0.4, 0.5) is 13.2 Å². The van der Waals surface area contributed by atoms with Gasteiger partial charge in [0, 0.05) is 12.6 Å². The Balaban J connectivity index is 2.26. The largest absolute Gasteiger partial charge is 0.480 e. The lowest BCUT2D eigenvalue weighted by molar-refractivity contribution is -0.146. The van der Waals surface area contributed by atoms with Gasteiger partial charge in [0.25, 0.3) is 0 Å². The molecule has 1 aliphatic carbocycles. The van der Waals surface area contributed by atoms with E-state index in [0.717, 1.165) is 12.8 Å². The van der Waals surface area contributed by atoms with Gasteiger partial charge in [0.1, 0.15) is 5.54 Å². The zero-order chi connectivity index (χ0) is 15.2. The van der Waals surface area contributed by atoms with E-state index < -0.39 is 24.1 Å². The number of carbonyl (C=O) groups is 1. The molecule has 118 valence electrons. The molecular formula is C13H22F3NO3. The molecule has 1 atom stereocenters. The van der Waals surface area contributed by atoms with E-state index >= 15 is 0 Å². The van der Waals surface area contributed by atoms with Gasteiger partial charge in [-0.25, -0.2) is 0 Å². The zero-order valence-corrected chi connectivity index (χ0v) is 11.6. The van der Waals surface area contributed by atoms with Crippen LogP contribution in [0.25, 0.3) is 0 Å². The Morgan fingerprint density at radius 2 is 1.95 bits per heavy atom. The lowest BCUT2D eigenvalue weighted by atomic mass is 9.90. The number of carboxylic acid groups (broad SMARTS) is 1. The van der Waals surface area contributed by atoms with Gasteiger partial charge in [0.2, 0.25) is 0 Å². The first-order valence-corrected chi connectivity index (χ1v) is 6.94. The first-order chi connectivity index (χ1) is 9.29. The molecule has 0 aromatic heterocycles. The number of halogens is 3. The molecule has 1 aliphatic rings. The monoisotopic (exact) mass is 297 g/mol. The number of nitrogens with one attached hydrogen (secondary N) is 1. The van der Waals surface area contributed by atoms with E-state index in [-0.39, 0.29) is 19.3 Å². The molecule has 7 heteroatoms. The van der Waals surface area contributed by atoms with Crippen LogP contribution in [0.15, 0.2) is 0 Å². The van der Waals surface area contributed by atoms with E-state index in [9.17, 15) is 23.1 Å². The van der Waals surface area contributed by atoms with E-state index in [4.69, 9.17) is 4.74 Å². The van der Waals surface area contributed by atoms with Gasteiger partial charge in [-0.15, -0.1) is 0 Å². The SMILES string of the molecule is CCC(CCCOCCC(F)(F)F)(NC1CC1)C(=O)O. The fourth-order valence-electron chi connectivity index (χ4n) is 2.06. The number of aliphatic carboxylic acids is 1. The number of carboxylic acids is 1. The first kappa shape index (κ1) is 17.2. The van der Waals surface area contributed by atoms with Crippen LogP contribution in [-0.4, -0.2) is 42.0 Å². The van der Waals surface area contributed by atoms with Gasteiger partial charge in [-0.3, -0.25) is 10.1 Å². The molecular weight excluding hydrogens is 275 g/mol. The summed E-state index contributed by atoms with van der Waals surface area (Å²) in [6.07, 6.45) is -1.97. The number of alkyl halides is 3. The summed E-state index contributed by atoms with van der Waals surface area (Å²) in [6, 6.07) is 0.261. The highest BCUT2D eigenvalue weighted by molar-refractivity contribution is 5.78. The minimum Gasteiger partial charge on any atom is -0.480 e. The van der Waals surface area contributed by atoms with Crippen LogP contribution in [0.3, 0.4) is 0 Å². The van der Waals surface area contributed by atoms with Gasteiger partial charge in [-0.05, 0) is 32.1 Å². The van der Waals surface area contributed by atoms with Crippen LogP contribution in [0, 0.1) is 0 Å². The summed E-state index contributed by atoms with van der Waals surface area (Å²) in [7, 11) is 0. The second kappa shape index (κ2) is 7.26. The molecule has 0 radical (unpaired) electrons. The highest BCUT2D eigenvalue weighted by atomic mass is 19.4. The molecule has 4 nitrogen and oxygen atoms in total. The van der Waals surface area contributed by atoms with E-state index in [1.807, 2.05) is 0 Å². The van der Waals surface area contributed by atoms with Gasteiger partial charge in [0.05, 0.1) is 13.0 Å². The standard InChI is InChI=1S/C13H22F3NO3/c1-2-12(11(18)19,17-10-4-5-10)6-3-8-20-9-7-13(14,15)16/h10,17H,2-9H2,1H3,(H,18,19). The predicted molar refractivity (Wildman–Crippen MR) is 67.5 cm³/mol. The van der Waals surface area contributed by atoms with E-state index in [1.165, 1.54) is 0 Å². The van der Waals surface area contributed by atoms with E-state index in [1.54, 1.807) is 6.92 Å². The molecule has 0 amide bonds. The molecule has 1 fully saturated rings. The van der Waals surface area contributed by atoms with E-state index in [2.05, 4.69) is 5.32 Å². The number of hydrogen-bond donors (Lipinski definition) is 2. The molecule has 1 unspecified atom stereocenters. The van der Waals surface area contributed by atoms with Crippen LogP contribution in [-0.2, 0) is 9.53 Å². The minimum absolute atomic E-state index is 0.150. The van der Waals surface area contributed by atoms with Crippen molar-refractivity contribution in [2.75, 3.05) is 13.2 Å². The van der Waals surface area contributed by atoms with Gasteiger partial charge in [0.15, 0.2) is 0 Å². The smallest absolute Gasteiger partial charge is 0.391 e. The fourth-order valence-corrected chi connectivity index (χ4v) is 2.06. The molecule has 0 bridgehead atoms. The van der Waals surface area contributed by atoms with Gasteiger partial charge < -0.3 is 9.84 Å². The quantitative estimate of drug-likeness (QED) is 0.609. The molecule has 20 heavy (non-hydrogen) atoms. The van der Waals surface area contributed by atoms with Crippen molar-refractivity contribution in [2.24, 2.45) is 0 Å². The van der Waals surface area contributed by atoms with Crippen molar-refractivity contribution in [2.45, 2.75) is 63.2 Å². The summed E-state index contributed by atoms with van der Waals surface area (Å²) >= 11 is 0. The maximum absolute atomic E-state index is 11.9. The summed E-state index contributed by atoms with van der Waals surface area (Å²) in [5.74, 6) is -0.901. The van der Waals surface area contributed by atoms with Gasteiger partial charge >= 0.3 is 12.1 Å². The minimum atomic E-state index is -4.21. The Morgan fingerprint density at radius 3 is 2.40 bits per heavy atom. The van der Waals surface area contributed by atoms with Crippen molar-refractivity contribution in [3.8, 4) is 0 Å². The van der Waals surface area contributed by atoms with Crippen LogP contribution in [0.5, 0.6) is 0 Å². The van der Waals surface area contributed by atoms with Crippen LogP contribution in [0.1, 0.15) is 45.4 Å². The maximum atomic E-state index is 11.9. The summed E-state index contributed by atoms with van der Waals surface area (Å²) in [4.78, 5) is 11.4. The van der Waals surface area contributed by atoms with Crippen molar-refractivity contribution in [3.05, 3.63) is 0 Å². The summed E-state index contributed by atoms with van der Waals surface area (Å²) < 4.78 is 40.6. The highest BCUT2D eigenvalue weighted by Crippen LogP contribution is 2.27. The molecule has 0 aromatic carbocycles. The number of rotatable bonds is 10. The van der Waals surface area contributed by atoms with Crippen molar-refractivity contribution in [3.63, 3.8) is 0 Å². The van der Waals surface area contributed by atoms with Crippen LogP contribution < -0.4 is 5.32 Å². The number of hydrogen-bond acceptors (Lipinski definition) is 3. The third-order valence-corrected chi connectivity index (χ3v) is 3.49. The summed E-state index contributed by atoms with van der Waals surface area (Å²) in [6.45, 7) is 1.58. The van der Waals surface area contributed by atoms with Crippen LogP contribution >= 0.6 is 0 Å². The molecule has 0 aliphatic heterocycles. The van der Waals surface area contributed by atoms with Crippen LogP contribution in [0.2, 0.25) is 0 Å². The Labute approximate surface area is 116 Å². The summed E-state index contributed by atoms with van der Waals surface area (Å²) in [5, 5.41) is 12.5. The third-order valence-electron chi connectivity index (χ3n) is 3.49. The maximum Gasteiger partial charge on any atom is 0.391 e.